The predicted octanol–water partition coefficient (Wildman–Crippen LogP) is 4.86. The molecule has 3 fully saturated rings. The van der Waals surface area contributed by atoms with Crippen LogP contribution in [-0.4, -0.2) is 30.8 Å². The van der Waals surface area contributed by atoms with Gasteiger partial charge in [0.05, 0.1) is 17.5 Å². The summed E-state index contributed by atoms with van der Waals surface area (Å²) in [6, 6.07) is 12.7. The Morgan fingerprint density at radius 2 is 1.82 bits per heavy atom. The highest BCUT2D eigenvalue weighted by Crippen LogP contribution is 2.48. The van der Waals surface area contributed by atoms with Crippen LogP contribution in [0.1, 0.15) is 38.5 Å². The molecule has 2 N–H and O–H groups in total. The second kappa shape index (κ2) is 5.78. The Kier molecular flexibility index (Phi) is 3.41. The van der Waals surface area contributed by atoms with E-state index in [1.165, 1.54) is 10.1 Å². The van der Waals surface area contributed by atoms with Gasteiger partial charge in [-0.2, -0.15) is 0 Å². The van der Waals surface area contributed by atoms with Gasteiger partial charge >= 0.3 is 0 Å². The highest BCUT2D eigenvalue weighted by atomic mass is 32.1. The van der Waals surface area contributed by atoms with Crippen molar-refractivity contribution in [1.82, 2.24) is 14.6 Å². The molecule has 3 saturated carbocycles. The van der Waals surface area contributed by atoms with Gasteiger partial charge in [0.15, 0.2) is 5.65 Å². The predicted molar refractivity (Wildman–Crippen MR) is 113 cm³/mol. The van der Waals surface area contributed by atoms with Crippen LogP contribution in [0.15, 0.2) is 48.0 Å². The van der Waals surface area contributed by atoms with Crippen LogP contribution in [0.2, 0.25) is 0 Å². The van der Waals surface area contributed by atoms with Crippen molar-refractivity contribution in [2.75, 3.05) is 5.32 Å². The number of benzene rings is 1. The first-order chi connectivity index (χ1) is 13.6. The van der Waals surface area contributed by atoms with Crippen LogP contribution in [0.3, 0.4) is 0 Å². The van der Waals surface area contributed by atoms with E-state index < -0.39 is 5.60 Å². The Labute approximate surface area is 167 Å². The lowest BCUT2D eigenvalue weighted by Gasteiger charge is -2.51. The maximum Gasteiger partial charge on any atom is 0.154 e. The smallest absolute Gasteiger partial charge is 0.154 e. The minimum Gasteiger partial charge on any atom is -0.390 e. The molecule has 1 aromatic carbocycles. The highest BCUT2D eigenvalue weighted by molar-refractivity contribution is 7.17. The fourth-order valence-electron chi connectivity index (χ4n) is 4.88. The van der Waals surface area contributed by atoms with Crippen molar-refractivity contribution in [3.05, 3.63) is 48.0 Å². The summed E-state index contributed by atoms with van der Waals surface area (Å²) in [6.07, 6.45) is 7.60. The van der Waals surface area contributed by atoms with E-state index in [0.29, 0.717) is 0 Å². The van der Waals surface area contributed by atoms with E-state index in [9.17, 15) is 5.11 Å². The molecule has 3 aliphatic rings. The van der Waals surface area contributed by atoms with Crippen LogP contribution in [0.5, 0.6) is 0 Å². The van der Waals surface area contributed by atoms with Crippen LogP contribution in [0.25, 0.3) is 27.0 Å². The van der Waals surface area contributed by atoms with Crippen molar-refractivity contribution in [3.63, 3.8) is 0 Å². The molecule has 2 bridgehead atoms. The van der Waals surface area contributed by atoms with E-state index >= 15 is 0 Å². The Bertz CT molecular complexity index is 1170. The van der Waals surface area contributed by atoms with Gasteiger partial charge in [0.1, 0.15) is 5.82 Å². The van der Waals surface area contributed by atoms with E-state index in [4.69, 9.17) is 5.10 Å². The third-order valence-electron chi connectivity index (χ3n) is 6.71. The molecule has 0 unspecified atom stereocenters. The third kappa shape index (κ3) is 2.55. The van der Waals surface area contributed by atoms with E-state index in [0.717, 1.165) is 61.2 Å². The Balaban J connectivity index is 1.37. The van der Waals surface area contributed by atoms with Crippen LogP contribution >= 0.6 is 11.3 Å². The fraction of sp³-hybridized carbons (Fsp3) is 0.364. The third-order valence-corrected chi connectivity index (χ3v) is 7.59. The van der Waals surface area contributed by atoms with Gasteiger partial charge in [-0.15, -0.1) is 16.4 Å². The number of hydrogen-bond acceptors (Lipinski definition) is 5. The number of nitrogens with zero attached hydrogens (tertiary/aromatic N) is 3. The van der Waals surface area contributed by atoms with E-state index in [-0.39, 0.29) is 5.54 Å². The average molecular weight is 391 g/mol. The largest absolute Gasteiger partial charge is 0.390 e. The van der Waals surface area contributed by atoms with Crippen LogP contribution in [0.4, 0.5) is 5.82 Å². The van der Waals surface area contributed by atoms with Crippen molar-refractivity contribution in [2.24, 2.45) is 0 Å². The first-order valence-electron chi connectivity index (χ1n) is 9.95. The van der Waals surface area contributed by atoms with Gasteiger partial charge in [-0.25, -0.2) is 9.50 Å². The monoisotopic (exact) mass is 390 g/mol. The zero-order valence-corrected chi connectivity index (χ0v) is 16.4. The second-order valence-electron chi connectivity index (χ2n) is 8.43. The SMILES string of the molecule is OC12CCC(Nc3ccc4ncc(-c5ccc6ccsc6c5)n4n3)(CC1)CC2. The maximum atomic E-state index is 10.5. The summed E-state index contributed by atoms with van der Waals surface area (Å²) in [6.45, 7) is 0. The van der Waals surface area contributed by atoms with Gasteiger partial charge in [-0.1, -0.05) is 12.1 Å². The van der Waals surface area contributed by atoms with Crippen molar-refractivity contribution < 1.29 is 5.11 Å². The molecular weight excluding hydrogens is 368 g/mol. The van der Waals surface area contributed by atoms with Gasteiger partial charge in [0, 0.05) is 15.8 Å². The molecule has 3 aromatic heterocycles. The number of nitrogens with one attached hydrogen (secondary N) is 1. The highest BCUT2D eigenvalue weighted by Gasteiger charge is 2.47. The average Bonchev–Trinajstić information content (AvgIpc) is 3.35. The van der Waals surface area contributed by atoms with Crippen molar-refractivity contribution >= 4 is 32.9 Å². The number of hydrogen-bond donors (Lipinski definition) is 2. The Hall–Kier alpha value is -2.44. The second-order valence-corrected chi connectivity index (χ2v) is 9.38. The molecule has 28 heavy (non-hydrogen) atoms. The van der Waals surface area contributed by atoms with E-state index in [1.807, 2.05) is 22.8 Å². The quantitative estimate of drug-likeness (QED) is 0.524. The molecule has 6 heteroatoms. The number of rotatable bonds is 3. The first-order valence-corrected chi connectivity index (χ1v) is 10.8. The number of imidazole rings is 1. The number of anilines is 1. The van der Waals surface area contributed by atoms with Gasteiger partial charge in [-0.05, 0) is 73.6 Å². The summed E-state index contributed by atoms with van der Waals surface area (Å²) >= 11 is 1.75. The topological polar surface area (TPSA) is 62.5 Å². The molecule has 0 amide bonds. The summed E-state index contributed by atoms with van der Waals surface area (Å²) in [5.41, 5.74) is 2.64. The van der Waals surface area contributed by atoms with Crippen molar-refractivity contribution in [3.8, 4) is 11.3 Å². The van der Waals surface area contributed by atoms with Gasteiger partial charge < -0.3 is 10.4 Å². The maximum absolute atomic E-state index is 10.5. The Morgan fingerprint density at radius 1 is 1.00 bits per heavy atom. The summed E-state index contributed by atoms with van der Waals surface area (Å²) < 4.78 is 3.22. The standard InChI is InChI=1S/C22H22N4OS/c27-22-9-6-21(7-10-22,8-11-22)24-19-3-4-20-23-14-17(26(20)25-19)16-2-1-15-5-12-28-18(15)13-16/h1-5,12-14,27H,6-11H2,(H,24,25). The lowest BCUT2D eigenvalue weighted by Crippen LogP contribution is -2.53. The van der Waals surface area contributed by atoms with Crippen molar-refractivity contribution in [1.29, 1.82) is 0 Å². The van der Waals surface area contributed by atoms with Crippen LogP contribution < -0.4 is 5.32 Å². The number of aliphatic hydroxyl groups is 1. The molecule has 0 saturated heterocycles. The first kappa shape index (κ1) is 16.5. The molecule has 0 atom stereocenters. The molecule has 3 heterocycles. The molecular formula is C22H22N4OS. The minimum absolute atomic E-state index is 0.0712. The molecule has 0 aliphatic heterocycles. The van der Waals surface area contributed by atoms with Crippen LogP contribution in [0, 0.1) is 0 Å². The lowest BCUT2D eigenvalue weighted by molar-refractivity contribution is -0.0580. The van der Waals surface area contributed by atoms with Gasteiger partial charge in [0.25, 0.3) is 0 Å². The number of fused-ring (bicyclic) bond motifs is 5. The minimum atomic E-state index is -0.418. The normalized spacial score (nSPS) is 26.9. The summed E-state index contributed by atoms with van der Waals surface area (Å²) in [4.78, 5) is 4.55. The molecule has 0 radical (unpaired) electrons. The Morgan fingerprint density at radius 3 is 2.64 bits per heavy atom. The molecule has 142 valence electrons. The molecule has 5 nitrogen and oxygen atoms in total. The lowest BCUT2D eigenvalue weighted by atomic mass is 9.63. The van der Waals surface area contributed by atoms with Crippen molar-refractivity contribution in [2.45, 2.75) is 49.7 Å². The van der Waals surface area contributed by atoms with Gasteiger partial charge in [0.2, 0.25) is 0 Å². The number of thiophene rings is 1. The number of aromatic nitrogens is 3. The van der Waals surface area contributed by atoms with Gasteiger partial charge in [-0.3, -0.25) is 0 Å². The van der Waals surface area contributed by atoms with Crippen LogP contribution in [-0.2, 0) is 0 Å². The molecule has 4 aromatic rings. The molecule has 0 spiro atoms. The molecule has 3 aliphatic carbocycles. The molecule has 7 rings (SSSR count). The van der Waals surface area contributed by atoms with E-state index in [1.54, 1.807) is 11.3 Å². The fourth-order valence-corrected chi connectivity index (χ4v) is 5.70. The zero-order chi connectivity index (χ0) is 18.8. The summed E-state index contributed by atoms with van der Waals surface area (Å²) in [5.74, 6) is 0.885. The zero-order valence-electron chi connectivity index (χ0n) is 15.6. The summed E-state index contributed by atoms with van der Waals surface area (Å²) in [7, 11) is 0. The van der Waals surface area contributed by atoms with E-state index in [2.05, 4.69) is 39.9 Å². The summed E-state index contributed by atoms with van der Waals surface area (Å²) in [5, 5.41) is 22.5.